The molecular formula is C23H25N7O. The summed E-state index contributed by atoms with van der Waals surface area (Å²) in [6.45, 7) is -0.279. The van der Waals surface area contributed by atoms with Gasteiger partial charge in [-0.15, -0.1) is 0 Å². The fraction of sp³-hybridized carbons (Fsp3) is 0.348. The Morgan fingerprint density at radius 2 is 1.90 bits per heavy atom. The maximum atomic E-state index is 12.9. The van der Waals surface area contributed by atoms with E-state index >= 15 is 0 Å². The monoisotopic (exact) mass is 418 g/mol. The van der Waals surface area contributed by atoms with E-state index in [-0.39, 0.29) is 12.2 Å². The van der Waals surface area contributed by atoms with Crippen LogP contribution in [0.1, 0.15) is 39.0 Å². The van der Waals surface area contributed by atoms with E-state index in [2.05, 4.69) is 32.1 Å². The third-order valence-electron chi connectivity index (χ3n) is 5.87. The lowest BCUT2D eigenvalue weighted by Gasteiger charge is -2.28. The first-order valence-corrected chi connectivity index (χ1v) is 10.3. The number of likely N-dealkylation sites (tertiary alicyclic amines) is 1. The van der Waals surface area contributed by atoms with Crippen molar-refractivity contribution in [3.63, 3.8) is 0 Å². The molecule has 0 aromatic carbocycles. The lowest BCUT2D eigenvalue weighted by Crippen LogP contribution is -2.31. The van der Waals surface area contributed by atoms with E-state index in [1.165, 1.54) is 12.4 Å². The highest BCUT2D eigenvalue weighted by Crippen LogP contribution is 2.23. The second-order valence-corrected chi connectivity index (χ2v) is 8.11. The van der Waals surface area contributed by atoms with Crippen molar-refractivity contribution in [2.45, 2.75) is 25.3 Å². The van der Waals surface area contributed by atoms with Crippen LogP contribution in [0.3, 0.4) is 0 Å². The molecule has 1 aliphatic rings. The molecule has 0 radical (unpaired) electrons. The topological polar surface area (TPSA) is 81.7 Å². The van der Waals surface area contributed by atoms with Crippen molar-refractivity contribution in [3.8, 4) is 11.3 Å². The summed E-state index contributed by atoms with van der Waals surface area (Å²) in [5.74, 6) is -0.0285. The number of pyridine rings is 2. The summed E-state index contributed by atoms with van der Waals surface area (Å²) in [7, 11) is 2.12. The highest BCUT2D eigenvalue weighted by atomic mass is 16.1. The van der Waals surface area contributed by atoms with E-state index in [1.807, 2.05) is 23.0 Å². The van der Waals surface area contributed by atoms with Crippen molar-refractivity contribution in [2.75, 3.05) is 20.1 Å². The molecule has 1 saturated heterocycles. The summed E-state index contributed by atoms with van der Waals surface area (Å²) in [5.41, 5.74) is 2.45. The van der Waals surface area contributed by atoms with Gasteiger partial charge in [0.1, 0.15) is 0 Å². The molecule has 5 rings (SSSR count). The van der Waals surface area contributed by atoms with Gasteiger partial charge in [-0.1, -0.05) is 0 Å². The summed E-state index contributed by atoms with van der Waals surface area (Å²) < 4.78 is 25.3. The number of aryl methyl sites for hydroxylation is 1. The Morgan fingerprint density at radius 3 is 2.71 bits per heavy atom. The highest BCUT2D eigenvalue weighted by molar-refractivity contribution is 5.97. The average molecular weight is 419 g/mol. The van der Waals surface area contributed by atoms with Crippen molar-refractivity contribution in [1.29, 1.82) is 0 Å². The zero-order valence-electron chi connectivity index (χ0n) is 20.3. The minimum atomic E-state index is -2.34. The minimum absolute atomic E-state index is 0.0285. The van der Waals surface area contributed by atoms with Crippen molar-refractivity contribution in [1.82, 2.24) is 34.4 Å². The molecule has 0 aliphatic carbocycles. The molecule has 158 valence electrons. The van der Waals surface area contributed by atoms with Gasteiger partial charge in [0.2, 0.25) is 0 Å². The predicted molar refractivity (Wildman–Crippen MR) is 118 cm³/mol. The smallest absolute Gasteiger partial charge is 0.171 e. The van der Waals surface area contributed by atoms with Crippen molar-refractivity contribution in [2.24, 2.45) is 6.98 Å². The molecule has 1 aliphatic heterocycles. The number of carbonyl (C=O) groups excluding carboxylic acids is 1. The fourth-order valence-electron chi connectivity index (χ4n) is 4.00. The van der Waals surface area contributed by atoms with Gasteiger partial charge in [-0.05, 0) is 50.5 Å². The summed E-state index contributed by atoms with van der Waals surface area (Å²) >= 11 is 0. The molecule has 5 heterocycles. The van der Waals surface area contributed by atoms with Crippen molar-refractivity contribution in [3.05, 3.63) is 60.6 Å². The van der Waals surface area contributed by atoms with Crippen LogP contribution in [-0.4, -0.2) is 60.3 Å². The average Bonchev–Trinajstić information content (AvgIpc) is 3.49. The number of hydrogen-bond acceptors (Lipinski definition) is 6. The lowest BCUT2D eigenvalue weighted by atomic mass is 10.1. The standard InChI is InChI=1S/C23H25N7O/c1-28-5-3-21(4-6-28)30-15-19(13-27-30)23(31)9-20-7-16-8-22(18-12-26-29(2)14-18)25-11-17(16)10-24-20/h7-8,10-15,21H,3-6,9H2,1-2H3/i2D3. The van der Waals surface area contributed by atoms with Crippen LogP contribution in [-0.2, 0) is 13.4 Å². The summed E-state index contributed by atoms with van der Waals surface area (Å²) in [6, 6.07) is 4.05. The van der Waals surface area contributed by atoms with E-state index in [0.717, 1.165) is 41.4 Å². The number of nitrogens with zero attached hydrogens (tertiary/aromatic N) is 7. The van der Waals surface area contributed by atoms with Gasteiger partial charge < -0.3 is 4.90 Å². The van der Waals surface area contributed by atoms with Crippen LogP contribution in [0.2, 0.25) is 0 Å². The second-order valence-electron chi connectivity index (χ2n) is 8.11. The quantitative estimate of drug-likeness (QED) is 0.464. The lowest BCUT2D eigenvalue weighted by molar-refractivity contribution is 0.0991. The number of piperidine rings is 1. The van der Waals surface area contributed by atoms with Crippen molar-refractivity contribution >= 4 is 16.6 Å². The maximum absolute atomic E-state index is 12.9. The molecular weight excluding hydrogens is 390 g/mol. The molecule has 0 spiro atoms. The molecule has 8 nitrogen and oxygen atoms in total. The Morgan fingerprint density at radius 1 is 1.06 bits per heavy atom. The fourth-order valence-corrected chi connectivity index (χ4v) is 4.00. The summed E-state index contributed by atoms with van der Waals surface area (Å²) in [5, 5.41) is 10.1. The predicted octanol–water partition coefficient (Wildman–Crippen LogP) is 2.92. The first-order chi connectivity index (χ1) is 16.3. The number of rotatable bonds is 5. The Bertz CT molecular complexity index is 1340. The first kappa shape index (κ1) is 16.3. The van der Waals surface area contributed by atoms with Gasteiger partial charge >= 0.3 is 0 Å². The van der Waals surface area contributed by atoms with Gasteiger partial charge in [0, 0.05) is 52.5 Å². The molecule has 0 saturated carbocycles. The van der Waals surface area contributed by atoms with E-state index in [4.69, 9.17) is 4.11 Å². The van der Waals surface area contributed by atoms with Gasteiger partial charge in [0.15, 0.2) is 5.78 Å². The number of Topliss-reactive ketones (excluding diaryl/α,β-unsaturated/α-hetero) is 1. The second kappa shape index (κ2) is 8.03. The number of hydrogen-bond donors (Lipinski definition) is 0. The molecule has 0 bridgehead atoms. The van der Waals surface area contributed by atoms with Crippen LogP contribution in [0.4, 0.5) is 0 Å². The maximum Gasteiger partial charge on any atom is 0.171 e. The summed E-state index contributed by atoms with van der Waals surface area (Å²) in [6.07, 6.45) is 12.0. The van der Waals surface area contributed by atoms with E-state index < -0.39 is 6.98 Å². The molecule has 0 unspecified atom stereocenters. The number of carbonyl (C=O) groups is 1. The highest BCUT2D eigenvalue weighted by Gasteiger charge is 2.20. The zero-order valence-corrected chi connectivity index (χ0v) is 17.3. The van der Waals surface area contributed by atoms with Gasteiger partial charge in [-0.25, -0.2) is 0 Å². The molecule has 0 amide bonds. The molecule has 0 N–H and O–H groups in total. The number of ketones is 1. The van der Waals surface area contributed by atoms with Crippen LogP contribution in [0.5, 0.6) is 0 Å². The minimum Gasteiger partial charge on any atom is -0.306 e. The SMILES string of the molecule is [2H]C([2H])([2H])n1cc(-c2cc3cc(CC(=O)c4cnn(C5CCN(C)CC5)c4)ncc3cn2)cn1. The Labute approximate surface area is 184 Å². The van der Waals surface area contributed by atoms with Crippen LogP contribution in [0.25, 0.3) is 22.0 Å². The van der Waals surface area contributed by atoms with E-state index in [0.29, 0.717) is 28.6 Å². The van der Waals surface area contributed by atoms with E-state index in [9.17, 15) is 4.79 Å². The molecule has 8 heteroatoms. The van der Waals surface area contributed by atoms with Crippen molar-refractivity contribution < 1.29 is 8.91 Å². The van der Waals surface area contributed by atoms with Gasteiger partial charge in [0.25, 0.3) is 0 Å². The van der Waals surface area contributed by atoms with Crippen LogP contribution < -0.4 is 0 Å². The zero-order chi connectivity index (χ0) is 23.9. The third kappa shape index (κ3) is 4.11. The summed E-state index contributed by atoms with van der Waals surface area (Å²) in [4.78, 5) is 24.0. The molecule has 4 aromatic rings. The van der Waals surface area contributed by atoms with Crippen LogP contribution in [0, 0.1) is 0 Å². The van der Waals surface area contributed by atoms with Crippen LogP contribution in [0.15, 0.2) is 49.3 Å². The molecule has 0 atom stereocenters. The molecule has 1 fully saturated rings. The molecule has 31 heavy (non-hydrogen) atoms. The van der Waals surface area contributed by atoms with Gasteiger partial charge in [-0.2, -0.15) is 10.2 Å². The Kier molecular flexibility index (Phi) is 4.23. The Hall–Kier alpha value is -3.39. The van der Waals surface area contributed by atoms with Crippen LogP contribution >= 0.6 is 0 Å². The molecule has 4 aromatic heterocycles. The third-order valence-corrected chi connectivity index (χ3v) is 5.87. The number of fused-ring (bicyclic) bond motifs is 1. The normalized spacial score (nSPS) is 17.4. The van der Waals surface area contributed by atoms with Gasteiger partial charge in [0.05, 0.1) is 36.1 Å². The largest absolute Gasteiger partial charge is 0.306 e. The Balaban J connectivity index is 1.33. The number of aromatic nitrogens is 6. The van der Waals surface area contributed by atoms with Gasteiger partial charge in [-0.3, -0.25) is 24.1 Å². The first-order valence-electron chi connectivity index (χ1n) is 11.8. The van der Waals surface area contributed by atoms with E-state index in [1.54, 1.807) is 18.6 Å².